The van der Waals surface area contributed by atoms with Crippen LogP contribution in [0.15, 0.2) is 41.1 Å². The van der Waals surface area contributed by atoms with Gasteiger partial charge in [0.2, 0.25) is 0 Å². The van der Waals surface area contributed by atoms with E-state index in [9.17, 15) is 13.9 Å². The fourth-order valence-electron chi connectivity index (χ4n) is 1.64. The maximum atomic E-state index is 13.4. The number of halogens is 3. The average Bonchev–Trinajstić information content (AvgIpc) is 2.35. The van der Waals surface area contributed by atoms with Crippen LogP contribution in [-0.4, -0.2) is 10.1 Å². The highest BCUT2D eigenvalue weighted by Crippen LogP contribution is 2.22. The molecule has 0 fully saturated rings. The van der Waals surface area contributed by atoms with Crippen LogP contribution >= 0.6 is 15.9 Å². The van der Waals surface area contributed by atoms with Crippen LogP contribution in [0.25, 0.3) is 0 Å². The Morgan fingerprint density at radius 2 is 2.06 bits per heavy atom. The summed E-state index contributed by atoms with van der Waals surface area (Å²) in [6.45, 7) is 0. The van der Waals surface area contributed by atoms with Gasteiger partial charge in [-0.2, -0.15) is 0 Å². The van der Waals surface area contributed by atoms with Crippen molar-refractivity contribution < 1.29 is 13.9 Å². The molecule has 0 spiro atoms. The van der Waals surface area contributed by atoms with Gasteiger partial charge in [0.1, 0.15) is 0 Å². The molecule has 1 aromatic heterocycles. The van der Waals surface area contributed by atoms with Gasteiger partial charge >= 0.3 is 0 Å². The minimum Gasteiger partial charge on any atom is -0.388 e. The average molecular weight is 314 g/mol. The zero-order valence-corrected chi connectivity index (χ0v) is 10.9. The number of hydrogen-bond acceptors (Lipinski definition) is 2. The monoisotopic (exact) mass is 313 g/mol. The van der Waals surface area contributed by atoms with Crippen molar-refractivity contribution in [1.29, 1.82) is 0 Å². The minimum absolute atomic E-state index is 0.00171. The number of nitrogens with zero attached hydrogens (tertiary/aromatic N) is 1. The number of pyridine rings is 1. The second kappa shape index (κ2) is 5.54. The number of rotatable bonds is 3. The molecular weight excluding hydrogens is 304 g/mol. The van der Waals surface area contributed by atoms with E-state index < -0.39 is 17.7 Å². The van der Waals surface area contributed by atoms with Gasteiger partial charge in [0.25, 0.3) is 0 Å². The summed E-state index contributed by atoms with van der Waals surface area (Å²) in [7, 11) is 0. The Balaban J connectivity index is 2.21. The molecule has 0 saturated carbocycles. The molecule has 2 rings (SSSR count). The Bertz CT molecular complexity index is 562. The summed E-state index contributed by atoms with van der Waals surface area (Å²) >= 11 is 3.23. The molecule has 0 aliphatic carbocycles. The van der Waals surface area contributed by atoms with E-state index in [0.717, 1.165) is 10.5 Å². The number of hydrogen-bond donors (Lipinski definition) is 1. The lowest BCUT2D eigenvalue weighted by atomic mass is 10.0. The molecule has 1 atom stereocenters. The van der Waals surface area contributed by atoms with Crippen molar-refractivity contribution in [3.63, 3.8) is 0 Å². The van der Waals surface area contributed by atoms with Gasteiger partial charge in [-0.3, -0.25) is 4.98 Å². The van der Waals surface area contributed by atoms with Crippen LogP contribution < -0.4 is 0 Å². The maximum absolute atomic E-state index is 13.4. The fourth-order valence-corrected chi connectivity index (χ4v) is 2.03. The Hall–Kier alpha value is -1.33. The summed E-state index contributed by atoms with van der Waals surface area (Å²) in [5.74, 6) is -1.83. The van der Waals surface area contributed by atoms with E-state index in [4.69, 9.17) is 0 Å². The topological polar surface area (TPSA) is 33.1 Å². The number of benzene rings is 1. The summed E-state index contributed by atoms with van der Waals surface area (Å²) in [6, 6.07) is 5.60. The molecule has 1 N–H and O–H groups in total. The standard InChI is InChI=1S/C13H10BrF2NO/c14-10-4-9(6-17-7-10)12(18)5-8-2-1-3-11(15)13(8)16/h1-4,6-7,12,18H,5H2. The minimum atomic E-state index is -0.925. The number of aliphatic hydroxyl groups is 1. The number of aliphatic hydroxyl groups excluding tert-OH is 1. The Labute approximate surface area is 111 Å². The quantitative estimate of drug-likeness (QED) is 0.942. The van der Waals surface area contributed by atoms with Crippen LogP contribution in [-0.2, 0) is 6.42 Å². The van der Waals surface area contributed by atoms with E-state index in [1.165, 1.54) is 18.3 Å². The number of aromatic nitrogens is 1. The molecule has 0 aliphatic rings. The molecule has 5 heteroatoms. The Morgan fingerprint density at radius 1 is 1.28 bits per heavy atom. The lowest BCUT2D eigenvalue weighted by molar-refractivity contribution is 0.176. The van der Waals surface area contributed by atoms with Gasteiger partial charge in [0, 0.05) is 28.9 Å². The largest absolute Gasteiger partial charge is 0.388 e. The van der Waals surface area contributed by atoms with Gasteiger partial charge in [0.15, 0.2) is 11.6 Å². The third-order valence-electron chi connectivity index (χ3n) is 2.56. The maximum Gasteiger partial charge on any atom is 0.162 e. The SMILES string of the molecule is OC(Cc1cccc(F)c1F)c1cncc(Br)c1. The van der Waals surface area contributed by atoms with Crippen LogP contribution in [0.5, 0.6) is 0 Å². The molecule has 2 aromatic rings. The molecule has 0 saturated heterocycles. The van der Waals surface area contributed by atoms with Gasteiger partial charge in [0.05, 0.1) is 6.10 Å². The van der Waals surface area contributed by atoms with E-state index in [1.54, 1.807) is 12.3 Å². The summed E-state index contributed by atoms with van der Waals surface area (Å²) in [5.41, 5.74) is 0.690. The van der Waals surface area contributed by atoms with Crippen LogP contribution in [0.1, 0.15) is 17.2 Å². The molecule has 0 aliphatic heterocycles. The molecule has 0 amide bonds. The summed E-state index contributed by atoms with van der Waals surface area (Å²) < 4.78 is 27.2. The zero-order chi connectivity index (χ0) is 13.1. The summed E-state index contributed by atoms with van der Waals surface area (Å²) in [6.07, 6.45) is 2.15. The van der Waals surface area contributed by atoms with E-state index in [-0.39, 0.29) is 12.0 Å². The highest BCUT2D eigenvalue weighted by molar-refractivity contribution is 9.10. The van der Waals surface area contributed by atoms with Gasteiger partial charge < -0.3 is 5.11 Å². The van der Waals surface area contributed by atoms with Gasteiger partial charge in [-0.1, -0.05) is 12.1 Å². The van der Waals surface area contributed by atoms with Crippen LogP contribution in [0.4, 0.5) is 8.78 Å². The summed E-state index contributed by atoms with van der Waals surface area (Å²) in [4.78, 5) is 3.91. The van der Waals surface area contributed by atoms with Crippen LogP contribution in [0, 0.1) is 11.6 Å². The lowest BCUT2D eigenvalue weighted by Crippen LogP contribution is -2.05. The van der Waals surface area contributed by atoms with E-state index in [0.29, 0.717) is 5.56 Å². The Kier molecular flexibility index (Phi) is 4.04. The molecule has 0 bridgehead atoms. The second-order valence-electron chi connectivity index (χ2n) is 3.87. The van der Waals surface area contributed by atoms with Crippen molar-refractivity contribution in [1.82, 2.24) is 4.98 Å². The van der Waals surface area contributed by atoms with E-state index in [2.05, 4.69) is 20.9 Å². The van der Waals surface area contributed by atoms with Crippen molar-refractivity contribution in [3.8, 4) is 0 Å². The molecular formula is C13H10BrF2NO. The first kappa shape index (κ1) is 13.1. The van der Waals surface area contributed by atoms with Crippen molar-refractivity contribution in [2.75, 3.05) is 0 Å². The molecule has 1 unspecified atom stereocenters. The normalized spacial score (nSPS) is 12.4. The lowest BCUT2D eigenvalue weighted by Gasteiger charge is -2.11. The Morgan fingerprint density at radius 3 is 2.78 bits per heavy atom. The first-order chi connectivity index (χ1) is 8.58. The highest BCUT2D eigenvalue weighted by atomic mass is 79.9. The highest BCUT2D eigenvalue weighted by Gasteiger charge is 2.14. The van der Waals surface area contributed by atoms with Crippen LogP contribution in [0.3, 0.4) is 0 Å². The molecule has 18 heavy (non-hydrogen) atoms. The fraction of sp³-hybridized carbons (Fsp3) is 0.154. The van der Waals surface area contributed by atoms with Crippen LogP contribution in [0.2, 0.25) is 0 Å². The molecule has 2 nitrogen and oxygen atoms in total. The van der Waals surface area contributed by atoms with Gasteiger partial charge in [-0.25, -0.2) is 8.78 Å². The van der Waals surface area contributed by atoms with Crippen molar-refractivity contribution >= 4 is 15.9 Å². The molecule has 1 aromatic carbocycles. The first-order valence-electron chi connectivity index (χ1n) is 5.29. The van der Waals surface area contributed by atoms with Crippen molar-refractivity contribution in [3.05, 3.63) is 63.9 Å². The molecule has 94 valence electrons. The molecule has 0 radical (unpaired) electrons. The first-order valence-corrected chi connectivity index (χ1v) is 6.08. The van der Waals surface area contributed by atoms with Gasteiger partial charge in [-0.15, -0.1) is 0 Å². The zero-order valence-electron chi connectivity index (χ0n) is 9.28. The predicted molar refractivity (Wildman–Crippen MR) is 67.0 cm³/mol. The van der Waals surface area contributed by atoms with Crippen molar-refractivity contribution in [2.45, 2.75) is 12.5 Å². The van der Waals surface area contributed by atoms with E-state index in [1.807, 2.05) is 0 Å². The third-order valence-corrected chi connectivity index (χ3v) is 2.99. The second-order valence-corrected chi connectivity index (χ2v) is 4.79. The third kappa shape index (κ3) is 2.91. The van der Waals surface area contributed by atoms with Crippen molar-refractivity contribution in [2.24, 2.45) is 0 Å². The predicted octanol–water partition coefficient (Wildman–Crippen LogP) is 3.40. The van der Waals surface area contributed by atoms with E-state index >= 15 is 0 Å². The van der Waals surface area contributed by atoms with Gasteiger partial charge in [-0.05, 0) is 33.6 Å². The summed E-state index contributed by atoms with van der Waals surface area (Å²) in [5, 5.41) is 9.96. The smallest absolute Gasteiger partial charge is 0.162 e. The molecule has 1 heterocycles.